The Bertz CT molecular complexity index is 765. The Labute approximate surface area is 173 Å². The van der Waals surface area contributed by atoms with Crippen LogP contribution in [0.3, 0.4) is 0 Å². The molecule has 1 aromatic carbocycles. The zero-order chi connectivity index (χ0) is 19.8. The second kappa shape index (κ2) is 10.9. The molecule has 2 aromatic rings. The van der Waals surface area contributed by atoms with Gasteiger partial charge in [-0.2, -0.15) is 0 Å². The molecule has 0 fully saturated rings. The number of thioether (sulfide) groups is 1. The van der Waals surface area contributed by atoms with Crippen LogP contribution in [0, 0.1) is 0 Å². The number of carboxylic acids is 1. The summed E-state index contributed by atoms with van der Waals surface area (Å²) in [5.41, 5.74) is 2.29. The maximum atomic E-state index is 11.7. The van der Waals surface area contributed by atoms with Gasteiger partial charge in [-0.1, -0.05) is 58.3 Å². The maximum Gasteiger partial charge on any atom is 0.316 e. The second-order valence-electron chi connectivity index (χ2n) is 8.08. The average molecular weight is 403 g/mol. The van der Waals surface area contributed by atoms with Gasteiger partial charge in [-0.3, -0.25) is 4.79 Å². The van der Waals surface area contributed by atoms with Gasteiger partial charge in [0.25, 0.3) is 0 Å². The summed E-state index contributed by atoms with van der Waals surface area (Å²) in [6.45, 7) is 2.24. The molecule has 0 spiro atoms. The highest BCUT2D eigenvalue weighted by molar-refractivity contribution is 8.00. The molecule has 1 unspecified atom stereocenters. The van der Waals surface area contributed by atoms with Crippen LogP contribution >= 0.6 is 11.8 Å². The number of rotatable bonds is 12. The highest BCUT2D eigenvalue weighted by Crippen LogP contribution is 2.35. The minimum absolute atomic E-state index is 0.373. The van der Waals surface area contributed by atoms with Crippen molar-refractivity contribution in [3.8, 4) is 0 Å². The number of benzene rings is 1. The van der Waals surface area contributed by atoms with Crippen molar-refractivity contribution in [2.45, 2.75) is 101 Å². The van der Waals surface area contributed by atoms with E-state index in [0.29, 0.717) is 0 Å². The van der Waals surface area contributed by atoms with Gasteiger partial charge in [-0.15, -0.1) is 11.8 Å². The van der Waals surface area contributed by atoms with Crippen molar-refractivity contribution in [2.24, 2.45) is 0 Å². The first-order valence-corrected chi connectivity index (χ1v) is 12.0. The molecule has 3 rings (SSSR count). The van der Waals surface area contributed by atoms with Gasteiger partial charge in [-0.25, -0.2) is 0 Å². The monoisotopic (exact) mass is 402 g/mol. The molecule has 0 saturated heterocycles. The summed E-state index contributed by atoms with van der Waals surface area (Å²) < 4.78 is 6.07. The van der Waals surface area contributed by atoms with Gasteiger partial charge in [0.15, 0.2) is 0 Å². The summed E-state index contributed by atoms with van der Waals surface area (Å²) in [5.74, 6) is 0.434. The SMILES string of the molecule is CCCCCCCCCCC(Sc1ccc2c3c(oc2c1)CCCC3)C(=O)O. The van der Waals surface area contributed by atoms with Crippen LogP contribution in [0.2, 0.25) is 0 Å². The van der Waals surface area contributed by atoms with Crippen molar-refractivity contribution < 1.29 is 14.3 Å². The standard InChI is InChI=1S/C24H34O3S/c1-2-3-4-5-6-7-8-9-14-23(24(25)26)28-18-15-16-20-19-12-10-11-13-21(19)27-22(20)17-18/h15-17,23H,2-14H2,1H3,(H,25,26). The number of carbonyl (C=O) groups is 1. The lowest BCUT2D eigenvalue weighted by Crippen LogP contribution is -2.16. The summed E-state index contributed by atoms with van der Waals surface area (Å²) in [4.78, 5) is 12.7. The number of hydrogen-bond acceptors (Lipinski definition) is 3. The van der Waals surface area contributed by atoms with E-state index in [9.17, 15) is 9.90 Å². The van der Waals surface area contributed by atoms with Crippen LogP contribution in [0.5, 0.6) is 0 Å². The summed E-state index contributed by atoms with van der Waals surface area (Å²) in [5, 5.41) is 10.5. The molecular formula is C24H34O3S. The molecule has 0 radical (unpaired) electrons. The predicted octanol–water partition coefficient (Wildman–Crippen LogP) is 7.39. The first kappa shape index (κ1) is 21.3. The van der Waals surface area contributed by atoms with Gasteiger partial charge in [0.2, 0.25) is 0 Å². The third-order valence-electron chi connectivity index (χ3n) is 5.80. The van der Waals surface area contributed by atoms with Crippen LogP contribution in [0.4, 0.5) is 0 Å². The van der Waals surface area contributed by atoms with Gasteiger partial charge in [0, 0.05) is 22.3 Å². The van der Waals surface area contributed by atoms with E-state index in [1.54, 1.807) is 0 Å². The molecule has 1 aliphatic rings. The van der Waals surface area contributed by atoms with Crippen LogP contribution < -0.4 is 0 Å². The molecule has 1 aromatic heterocycles. The molecule has 4 heteroatoms. The number of aryl methyl sites for hydroxylation is 2. The normalized spacial score (nSPS) is 14.9. The van der Waals surface area contributed by atoms with Crippen molar-refractivity contribution in [2.75, 3.05) is 0 Å². The van der Waals surface area contributed by atoms with Crippen LogP contribution in [0.25, 0.3) is 11.0 Å². The van der Waals surface area contributed by atoms with Crippen LogP contribution in [-0.4, -0.2) is 16.3 Å². The minimum atomic E-state index is -0.702. The quantitative estimate of drug-likeness (QED) is 0.297. The minimum Gasteiger partial charge on any atom is -0.480 e. The van der Waals surface area contributed by atoms with Crippen molar-refractivity contribution in [1.29, 1.82) is 0 Å². The number of hydrogen-bond donors (Lipinski definition) is 1. The molecular weight excluding hydrogens is 368 g/mol. The zero-order valence-electron chi connectivity index (χ0n) is 17.2. The molecule has 0 bridgehead atoms. The average Bonchev–Trinajstić information content (AvgIpc) is 3.06. The van der Waals surface area contributed by atoms with Gasteiger partial charge in [-0.05, 0) is 43.9 Å². The molecule has 0 amide bonds. The highest BCUT2D eigenvalue weighted by Gasteiger charge is 2.21. The van der Waals surface area contributed by atoms with Gasteiger partial charge in [0.1, 0.15) is 16.6 Å². The van der Waals surface area contributed by atoms with Gasteiger partial charge in [0.05, 0.1) is 0 Å². The van der Waals surface area contributed by atoms with Crippen molar-refractivity contribution in [3.05, 3.63) is 29.5 Å². The smallest absolute Gasteiger partial charge is 0.316 e. The van der Waals surface area contributed by atoms with E-state index in [-0.39, 0.29) is 5.25 Å². The fourth-order valence-electron chi connectivity index (χ4n) is 4.18. The molecule has 3 nitrogen and oxygen atoms in total. The number of fused-ring (bicyclic) bond motifs is 3. The van der Waals surface area contributed by atoms with Crippen molar-refractivity contribution in [3.63, 3.8) is 0 Å². The lowest BCUT2D eigenvalue weighted by molar-refractivity contribution is -0.136. The lowest BCUT2D eigenvalue weighted by Gasteiger charge is -2.12. The summed E-state index contributed by atoms with van der Waals surface area (Å²) in [6.07, 6.45) is 15.2. The molecule has 28 heavy (non-hydrogen) atoms. The maximum absolute atomic E-state index is 11.7. The molecule has 1 aliphatic carbocycles. The highest BCUT2D eigenvalue weighted by atomic mass is 32.2. The van der Waals surface area contributed by atoms with Crippen molar-refractivity contribution in [1.82, 2.24) is 0 Å². The number of unbranched alkanes of at least 4 members (excludes halogenated alkanes) is 7. The third-order valence-corrected chi connectivity index (χ3v) is 7.05. The Morgan fingerprint density at radius 3 is 2.54 bits per heavy atom. The Hall–Kier alpha value is -1.42. The van der Waals surface area contributed by atoms with E-state index in [1.165, 1.54) is 74.1 Å². The Balaban J connectivity index is 1.50. The van der Waals surface area contributed by atoms with Gasteiger partial charge >= 0.3 is 5.97 Å². The van der Waals surface area contributed by atoms with Crippen LogP contribution in [0.15, 0.2) is 27.5 Å². The number of carboxylic acid groups (broad SMARTS) is 1. The number of furan rings is 1. The van der Waals surface area contributed by atoms with Crippen LogP contribution in [0.1, 0.15) is 88.9 Å². The van der Waals surface area contributed by atoms with E-state index < -0.39 is 5.97 Å². The third kappa shape index (κ3) is 5.79. The largest absolute Gasteiger partial charge is 0.480 e. The molecule has 1 N–H and O–H groups in total. The van der Waals surface area contributed by atoms with E-state index in [2.05, 4.69) is 19.1 Å². The number of aliphatic carboxylic acids is 1. The lowest BCUT2D eigenvalue weighted by atomic mass is 9.96. The first-order valence-electron chi connectivity index (χ1n) is 11.1. The fraction of sp³-hybridized carbons (Fsp3) is 0.625. The first-order chi connectivity index (χ1) is 13.7. The summed E-state index contributed by atoms with van der Waals surface area (Å²) in [6, 6.07) is 6.24. The molecule has 1 atom stereocenters. The van der Waals surface area contributed by atoms with E-state index >= 15 is 0 Å². The molecule has 0 saturated carbocycles. The summed E-state index contributed by atoms with van der Waals surface area (Å²) >= 11 is 1.47. The Kier molecular flexibility index (Phi) is 8.32. The molecule has 0 aliphatic heterocycles. The topological polar surface area (TPSA) is 50.4 Å². The zero-order valence-corrected chi connectivity index (χ0v) is 18.0. The Morgan fingerprint density at radius 2 is 1.79 bits per heavy atom. The van der Waals surface area contributed by atoms with Gasteiger partial charge < -0.3 is 9.52 Å². The van der Waals surface area contributed by atoms with E-state index in [4.69, 9.17) is 4.42 Å². The Morgan fingerprint density at radius 1 is 1.07 bits per heavy atom. The van der Waals surface area contributed by atoms with E-state index in [0.717, 1.165) is 48.3 Å². The van der Waals surface area contributed by atoms with Crippen molar-refractivity contribution >= 4 is 28.7 Å². The second-order valence-corrected chi connectivity index (χ2v) is 9.35. The molecule has 154 valence electrons. The fourth-order valence-corrected chi connectivity index (χ4v) is 5.21. The van der Waals surface area contributed by atoms with E-state index in [1.807, 2.05) is 6.07 Å². The summed E-state index contributed by atoms with van der Waals surface area (Å²) in [7, 11) is 0. The molecule has 1 heterocycles. The van der Waals surface area contributed by atoms with Crippen LogP contribution in [-0.2, 0) is 17.6 Å². The predicted molar refractivity (Wildman–Crippen MR) is 117 cm³/mol.